The molecule has 0 saturated heterocycles. The van der Waals surface area contributed by atoms with Crippen LogP contribution in [-0.4, -0.2) is 17.7 Å². The van der Waals surface area contributed by atoms with E-state index < -0.39 is 0 Å². The number of carbonyl (C=O) groups excluding carboxylic acids is 2. The van der Waals surface area contributed by atoms with Gasteiger partial charge in [-0.3, -0.25) is 9.59 Å². The Labute approximate surface area is 131 Å². The summed E-state index contributed by atoms with van der Waals surface area (Å²) in [7, 11) is 0. The summed E-state index contributed by atoms with van der Waals surface area (Å²) in [6.45, 7) is 12.1. The Kier molecular flexibility index (Phi) is 6.02. The maximum Gasteiger partial charge on any atom is 0.310 e. The van der Waals surface area contributed by atoms with Gasteiger partial charge in [-0.1, -0.05) is 44.7 Å². The number of hydrogen-bond donors (Lipinski definition) is 0. The molecule has 0 aliphatic rings. The number of esters is 1. The standard InChI is InChI=1S/C17H24O3S/c1-7-20-15(19)10-13-9-14(17(4,5)6)8-11(2)16(13)21-12(3)18/h8-9H,7,10H2,1-6H3. The molecule has 0 N–H and O–H groups in total. The molecule has 0 heterocycles. The van der Waals surface area contributed by atoms with Crippen LogP contribution in [0, 0.1) is 6.92 Å². The monoisotopic (exact) mass is 308 g/mol. The molecule has 0 unspecified atom stereocenters. The number of benzene rings is 1. The fourth-order valence-corrected chi connectivity index (χ4v) is 2.84. The molecule has 0 atom stereocenters. The Balaban J connectivity index is 3.29. The third kappa shape index (κ3) is 5.20. The molecule has 116 valence electrons. The normalized spacial score (nSPS) is 11.3. The van der Waals surface area contributed by atoms with E-state index in [0.29, 0.717) is 6.61 Å². The van der Waals surface area contributed by atoms with Crippen molar-refractivity contribution in [3.05, 3.63) is 28.8 Å². The van der Waals surface area contributed by atoms with E-state index in [-0.39, 0.29) is 22.9 Å². The van der Waals surface area contributed by atoms with Crippen molar-refractivity contribution >= 4 is 22.8 Å². The second-order valence-electron chi connectivity index (χ2n) is 6.11. The predicted octanol–water partition coefficient (Wildman–Crippen LogP) is 4.04. The van der Waals surface area contributed by atoms with E-state index in [2.05, 4.69) is 26.8 Å². The van der Waals surface area contributed by atoms with Crippen molar-refractivity contribution in [2.24, 2.45) is 0 Å². The van der Waals surface area contributed by atoms with Gasteiger partial charge in [-0.25, -0.2) is 0 Å². The minimum atomic E-state index is -0.256. The van der Waals surface area contributed by atoms with Crippen molar-refractivity contribution in [3.63, 3.8) is 0 Å². The third-order valence-corrected chi connectivity index (χ3v) is 4.18. The Morgan fingerprint density at radius 2 is 1.86 bits per heavy atom. The summed E-state index contributed by atoms with van der Waals surface area (Å²) in [5, 5.41) is 0.0201. The van der Waals surface area contributed by atoms with E-state index in [0.717, 1.165) is 21.6 Å². The van der Waals surface area contributed by atoms with Gasteiger partial charge in [0.25, 0.3) is 0 Å². The Hall–Kier alpha value is -1.29. The number of aryl methyl sites for hydroxylation is 1. The number of rotatable bonds is 4. The lowest BCUT2D eigenvalue weighted by molar-refractivity contribution is -0.142. The van der Waals surface area contributed by atoms with Gasteiger partial charge in [0.15, 0.2) is 5.12 Å². The maximum absolute atomic E-state index is 11.8. The zero-order valence-corrected chi connectivity index (χ0v) is 14.5. The Morgan fingerprint density at radius 1 is 1.24 bits per heavy atom. The predicted molar refractivity (Wildman–Crippen MR) is 86.8 cm³/mol. The molecule has 0 aromatic heterocycles. The summed E-state index contributed by atoms with van der Waals surface area (Å²) in [5.41, 5.74) is 3.06. The van der Waals surface area contributed by atoms with Crippen LogP contribution in [0.25, 0.3) is 0 Å². The van der Waals surface area contributed by atoms with Crippen LogP contribution in [0.4, 0.5) is 0 Å². The first-order chi connectivity index (χ1) is 9.65. The average molecular weight is 308 g/mol. The van der Waals surface area contributed by atoms with E-state index >= 15 is 0 Å². The molecule has 1 aromatic carbocycles. The molecule has 3 nitrogen and oxygen atoms in total. The van der Waals surface area contributed by atoms with Gasteiger partial charge in [0.2, 0.25) is 0 Å². The van der Waals surface area contributed by atoms with Crippen LogP contribution < -0.4 is 0 Å². The molecule has 4 heteroatoms. The maximum atomic E-state index is 11.8. The van der Waals surface area contributed by atoms with Crippen molar-refractivity contribution in [2.75, 3.05) is 6.61 Å². The fraction of sp³-hybridized carbons (Fsp3) is 0.529. The van der Waals surface area contributed by atoms with E-state index in [4.69, 9.17) is 4.74 Å². The van der Waals surface area contributed by atoms with Crippen LogP contribution in [0.2, 0.25) is 0 Å². The third-order valence-electron chi connectivity index (χ3n) is 3.10. The van der Waals surface area contributed by atoms with Gasteiger partial charge in [0.05, 0.1) is 13.0 Å². The van der Waals surface area contributed by atoms with E-state index in [1.807, 2.05) is 13.0 Å². The summed E-state index contributed by atoms with van der Waals surface area (Å²) in [6.07, 6.45) is 0.203. The first kappa shape index (κ1) is 17.8. The average Bonchev–Trinajstić information content (AvgIpc) is 2.31. The number of ether oxygens (including phenoxy) is 1. The summed E-state index contributed by atoms with van der Waals surface area (Å²) in [6, 6.07) is 4.12. The molecule has 0 spiro atoms. The van der Waals surface area contributed by atoms with Gasteiger partial charge in [-0.15, -0.1) is 0 Å². The first-order valence-electron chi connectivity index (χ1n) is 7.13. The van der Waals surface area contributed by atoms with Crippen LogP contribution in [-0.2, 0) is 26.2 Å². The highest BCUT2D eigenvalue weighted by Crippen LogP contribution is 2.33. The van der Waals surface area contributed by atoms with Crippen LogP contribution in [0.3, 0.4) is 0 Å². The van der Waals surface area contributed by atoms with Crippen molar-refractivity contribution in [1.82, 2.24) is 0 Å². The highest BCUT2D eigenvalue weighted by molar-refractivity contribution is 8.13. The van der Waals surface area contributed by atoms with Crippen molar-refractivity contribution < 1.29 is 14.3 Å². The van der Waals surface area contributed by atoms with Gasteiger partial charge >= 0.3 is 5.97 Å². The molecule has 1 rings (SSSR count). The topological polar surface area (TPSA) is 43.4 Å². The van der Waals surface area contributed by atoms with Gasteiger partial charge in [0.1, 0.15) is 0 Å². The molecule has 0 aliphatic heterocycles. The first-order valence-corrected chi connectivity index (χ1v) is 7.94. The van der Waals surface area contributed by atoms with Gasteiger partial charge < -0.3 is 4.74 Å². The van der Waals surface area contributed by atoms with Crippen molar-refractivity contribution in [1.29, 1.82) is 0 Å². The minimum Gasteiger partial charge on any atom is -0.466 e. The summed E-state index contributed by atoms with van der Waals surface area (Å²) in [4.78, 5) is 24.1. The smallest absolute Gasteiger partial charge is 0.310 e. The zero-order chi connectivity index (χ0) is 16.2. The lowest BCUT2D eigenvalue weighted by Crippen LogP contribution is -2.15. The molecule has 0 aliphatic carbocycles. The highest BCUT2D eigenvalue weighted by atomic mass is 32.2. The Morgan fingerprint density at radius 3 is 2.33 bits per heavy atom. The zero-order valence-electron chi connectivity index (χ0n) is 13.7. The minimum absolute atomic E-state index is 0.00636. The molecule has 0 saturated carbocycles. The largest absolute Gasteiger partial charge is 0.466 e. The second-order valence-corrected chi connectivity index (χ2v) is 7.29. The second kappa shape index (κ2) is 7.12. The molecule has 21 heavy (non-hydrogen) atoms. The summed E-state index contributed by atoms with van der Waals surface area (Å²) >= 11 is 1.18. The SMILES string of the molecule is CCOC(=O)Cc1cc(C(C)(C)C)cc(C)c1SC(C)=O. The van der Waals surface area contributed by atoms with Crippen molar-refractivity contribution in [2.45, 2.75) is 58.3 Å². The lowest BCUT2D eigenvalue weighted by atomic mass is 9.85. The van der Waals surface area contributed by atoms with E-state index in [1.165, 1.54) is 18.7 Å². The van der Waals surface area contributed by atoms with Gasteiger partial charge in [-0.2, -0.15) is 0 Å². The van der Waals surface area contributed by atoms with Crippen LogP contribution in [0.15, 0.2) is 17.0 Å². The van der Waals surface area contributed by atoms with Crippen molar-refractivity contribution in [3.8, 4) is 0 Å². The molecule has 0 fully saturated rings. The van der Waals surface area contributed by atoms with Crippen LogP contribution in [0.1, 0.15) is 51.3 Å². The molecule has 0 radical (unpaired) electrons. The summed E-state index contributed by atoms with van der Waals surface area (Å²) in [5.74, 6) is -0.256. The summed E-state index contributed by atoms with van der Waals surface area (Å²) < 4.78 is 5.04. The number of carbonyl (C=O) groups is 2. The quantitative estimate of drug-likeness (QED) is 0.622. The molecule has 0 amide bonds. The molecule has 0 bridgehead atoms. The number of hydrogen-bond acceptors (Lipinski definition) is 4. The van der Waals surface area contributed by atoms with Gasteiger partial charge in [0, 0.05) is 11.8 Å². The number of thioether (sulfide) groups is 1. The van der Waals surface area contributed by atoms with Gasteiger partial charge in [-0.05, 0) is 36.0 Å². The fourth-order valence-electron chi connectivity index (χ4n) is 2.07. The molecular formula is C17H24O3S. The van der Waals surface area contributed by atoms with Crippen LogP contribution in [0.5, 0.6) is 0 Å². The highest BCUT2D eigenvalue weighted by Gasteiger charge is 2.20. The Bertz CT molecular complexity index is 542. The lowest BCUT2D eigenvalue weighted by Gasteiger charge is -2.22. The van der Waals surface area contributed by atoms with Crippen LogP contribution >= 0.6 is 11.8 Å². The van der Waals surface area contributed by atoms with E-state index in [9.17, 15) is 9.59 Å². The van der Waals surface area contributed by atoms with E-state index in [1.54, 1.807) is 6.92 Å². The molecule has 1 aromatic rings. The molecular weight excluding hydrogens is 284 g/mol.